The molecule has 0 radical (unpaired) electrons. The standard InChI is InChI=1S/C14H30N2O4/c1-11(2)15-14(4,13(17)18)10-16(7-8-19-5)12(3)9-20-6/h11-12,15H,7-10H2,1-6H3,(H,17,18). The summed E-state index contributed by atoms with van der Waals surface area (Å²) in [7, 11) is 3.29. The molecule has 2 unspecified atom stereocenters. The van der Waals surface area contributed by atoms with E-state index in [1.807, 2.05) is 20.8 Å². The largest absolute Gasteiger partial charge is 0.480 e. The molecular weight excluding hydrogens is 260 g/mol. The maximum Gasteiger partial charge on any atom is 0.324 e. The van der Waals surface area contributed by atoms with Crippen molar-refractivity contribution >= 4 is 5.97 Å². The van der Waals surface area contributed by atoms with Gasteiger partial charge in [-0.1, -0.05) is 0 Å². The van der Waals surface area contributed by atoms with E-state index in [-0.39, 0.29) is 12.1 Å². The minimum atomic E-state index is -0.996. The second-order valence-corrected chi connectivity index (χ2v) is 5.70. The van der Waals surface area contributed by atoms with Crippen molar-refractivity contribution in [1.29, 1.82) is 0 Å². The summed E-state index contributed by atoms with van der Waals surface area (Å²) in [6.07, 6.45) is 0. The number of aliphatic carboxylic acids is 1. The third-order valence-corrected chi connectivity index (χ3v) is 3.21. The molecule has 2 N–H and O–H groups in total. The number of hydrogen-bond acceptors (Lipinski definition) is 5. The zero-order chi connectivity index (χ0) is 15.8. The van der Waals surface area contributed by atoms with Gasteiger partial charge in [0.15, 0.2) is 0 Å². The highest BCUT2D eigenvalue weighted by Crippen LogP contribution is 2.12. The lowest BCUT2D eigenvalue weighted by Gasteiger charge is -2.37. The van der Waals surface area contributed by atoms with Gasteiger partial charge in [0.1, 0.15) is 5.54 Å². The molecule has 0 aromatic rings. The first kappa shape index (κ1) is 19.3. The second kappa shape index (κ2) is 9.28. The van der Waals surface area contributed by atoms with Gasteiger partial charge in [-0.3, -0.25) is 15.0 Å². The second-order valence-electron chi connectivity index (χ2n) is 5.70. The van der Waals surface area contributed by atoms with E-state index >= 15 is 0 Å². The fourth-order valence-electron chi connectivity index (χ4n) is 2.23. The quantitative estimate of drug-likeness (QED) is 0.587. The average Bonchev–Trinajstić information content (AvgIpc) is 2.33. The molecule has 0 saturated heterocycles. The lowest BCUT2D eigenvalue weighted by atomic mass is 9.99. The van der Waals surface area contributed by atoms with Crippen molar-refractivity contribution in [2.75, 3.05) is 40.5 Å². The highest BCUT2D eigenvalue weighted by atomic mass is 16.5. The topological polar surface area (TPSA) is 71.0 Å². The van der Waals surface area contributed by atoms with Crippen LogP contribution >= 0.6 is 0 Å². The summed E-state index contributed by atoms with van der Waals surface area (Å²) < 4.78 is 10.3. The van der Waals surface area contributed by atoms with E-state index in [4.69, 9.17) is 9.47 Å². The molecule has 0 aliphatic carbocycles. The highest BCUT2D eigenvalue weighted by Gasteiger charge is 2.36. The molecular formula is C14H30N2O4. The fourth-order valence-corrected chi connectivity index (χ4v) is 2.23. The van der Waals surface area contributed by atoms with E-state index < -0.39 is 11.5 Å². The molecule has 0 spiro atoms. The van der Waals surface area contributed by atoms with Crippen LogP contribution in [0.1, 0.15) is 27.7 Å². The highest BCUT2D eigenvalue weighted by molar-refractivity contribution is 5.78. The number of hydrogen-bond donors (Lipinski definition) is 2. The van der Waals surface area contributed by atoms with Gasteiger partial charge in [0.05, 0.1) is 13.2 Å². The summed E-state index contributed by atoms with van der Waals surface area (Å²) >= 11 is 0. The van der Waals surface area contributed by atoms with Gasteiger partial charge in [-0.25, -0.2) is 0 Å². The van der Waals surface area contributed by atoms with Crippen LogP contribution in [-0.4, -0.2) is 74.1 Å². The first-order valence-corrected chi connectivity index (χ1v) is 6.99. The fraction of sp³-hybridized carbons (Fsp3) is 0.929. The summed E-state index contributed by atoms with van der Waals surface area (Å²) in [5.74, 6) is -0.849. The molecule has 0 aromatic heterocycles. The van der Waals surface area contributed by atoms with E-state index in [1.165, 1.54) is 0 Å². The summed E-state index contributed by atoms with van der Waals surface area (Å²) in [5.41, 5.74) is -0.996. The molecule has 0 bridgehead atoms. The Bertz CT molecular complexity index is 286. The van der Waals surface area contributed by atoms with Crippen molar-refractivity contribution in [3.63, 3.8) is 0 Å². The molecule has 0 saturated carbocycles. The number of nitrogens with zero attached hydrogens (tertiary/aromatic N) is 1. The number of carboxylic acid groups (broad SMARTS) is 1. The smallest absolute Gasteiger partial charge is 0.324 e. The molecule has 120 valence electrons. The van der Waals surface area contributed by atoms with Gasteiger partial charge in [-0.05, 0) is 27.7 Å². The number of ether oxygens (including phenoxy) is 2. The van der Waals surface area contributed by atoms with E-state index in [1.54, 1.807) is 21.1 Å². The first-order valence-electron chi connectivity index (χ1n) is 6.99. The molecule has 2 atom stereocenters. The predicted molar refractivity (Wildman–Crippen MR) is 79.1 cm³/mol. The lowest BCUT2D eigenvalue weighted by molar-refractivity contribution is -0.145. The average molecular weight is 290 g/mol. The number of rotatable bonds is 11. The molecule has 0 amide bonds. The third-order valence-electron chi connectivity index (χ3n) is 3.21. The van der Waals surface area contributed by atoms with E-state index in [0.717, 1.165) is 0 Å². The van der Waals surface area contributed by atoms with Crippen LogP contribution in [0.4, 0.5) is 0 Å². The monoisotopic (exact) mass is 290 g/mol. The third kappa shape index (κ3) is 6.65. The Hall–Kier alpha value is -0.690. The van der Waals surface area contributed by atoms with Crippen molar-refractivity contribution in [3.8, 4) is 0 Å². The van der Waals surface area contributed by atoms with Crippen molar-refractivity contribution in [3.05, 3.63) is 0 Å². The van der Waals surface area contributed by atoms with E-state index in [2.05, 4.69) is 10.2 Å². The molecule has 20 heavy (non-hydrogen) atoms. The molecule has 6 heteroatoms. The van der Waals surface area contributed by atoms with Crippen molar-refractivity contribution in [2.24, 2.45) is 0 Å². The Balaban J connectivity index is 4.91. The molecule has 0 heterocycles. The van der Waals surface area contributed by atoms with Gasteiger partial charge >= 0.3 is 5.97 Å². The summed E-state index contributed by atoms with van der Waals surface area (Å²) in [4.78, 5) is 13.7. The first-order chi connectivity index (χ1) is 9.26. The molecule has 0 aliphatic heterocycles. The summed E-state index contributed by atoms with van der Waals surface area (Å²) in [5, 5.41) is 12.7. The number of carboxylic acids is 1. The SMILES string of the molecule is COCCN(CC(C)(NC(C)C)C(=O)O)C(C)COC. The van der Waals surface area contributed by atoms with Crippen LogP contribution in [0.5, 0.6) is 0 Å². The molecule has 0 aliphatic rings. The van der Waals surface area contributed by atoms with Gasteiger partial charge in [-0.2, -0.15) is 0 Å². The normalized spacial score (nSPS) is 16.4. The van der Waals surface area contributed by atoms with Gasteiger partial charge in [-0.15, -0.1) is 0 Å². The van der Waals surface area contributed by atoms with Crippen LogP contribution in [0.2, 0.25) is 0 Å². The Morgan fingerprint density at radius 3 is 2.30 bits per heavy atom. The number of nitrogens with one attached hydrogen (secondary N) is 1. The van der Waals surface area contributed by atoms with Crippen LogP contribution in [0, 0.1) is 0 Å². The minimum absolute atomic E-state index is 0.0955. The Morgan fingerprint density at radius 2 is 1.90 bits per heavy atom. The van der Waals surface area contributed by atoms with Gasteiger partial charge in [0.2, 0.25) is 0 Å². The Kier molecular flexibility index (Phi) is 8.96. The van der Waals surface area contributed by atoms with Crippen molar-refractivity contribution < 1.29 is 19.4 Å². The van der Waals surface area contributed by atoms with Crippen LogP contribution in [-0.2, 0) is 14.3 Å². The lowest BCUT2D eigenvalue weighted by Crippen LogP contribution is -2.60. The van der Waals surface area contributed by atoms with Gasteiger partial charge < -0.3 is 14.6 Å². The summed E-state index contributed by atoms with van der Waals surface area (Å²) in [6, 6.07) is 0.223. The Morgan fingerprint density at radius 1 is 1.30 bits per heavy atom. The summed E-state index contributed by atoms with van der Waals surface area (Å²) in [6.45, 7) is 9.81. The molecule has 0 fully saturated rings. The van der Waals surface area contributed by atoms with Crippen LogP contribution in [0.25, 0.3) is 0 Å². The zero-order valence-corrected chi connectivity index (χ0v) is 13.6. The maximum absolute atomic E-state index is 11.6. The van der Waals surface area contributed by atoms with Crippen LogP contribution in [0.3, 0.4) is 0 Å². The maximum atomic E-state index is 11.6. The van der Waals surface area contributed by atoms with Gasteiger partial charge in [0.25, 0.3) is 0 Å². The van der Waals surface area contributed by atoms with E-state index in [0.29, 0.717) is 26.3 Å². The molecule has 6 nitrogen and oxygen atoms in total. The number of carbonyl (C=O) groups is 1. The molecule has 0 rings (SSSR count). The predicted octanol–water partition coefficient (Wildman–Crippen LogP) is 0.811. The van der Waals surface area contributed by atoms with E-state index in [9.17, 15) is 9.90 Å². The number of methoxy groups -OCH3 is 2. The van der Waals surface area contributed by atoms with Crippen LogP contribution in [0.15, 0.2) is 0 Å². The van der Waals surface area contributed by atoms with Crippen LogP contribution < -0.4 is 5.32 Å². The zero-order valence-electron chi connectivity index (χ0n) is 13.6. The molecule has 0 aromatic carbocycles. The van der Waals surface area contributed by atoms with Crippen molar-refractivity contribution in [2.45, 2.75) is 45.3 Å². The Labute approximate surface area is 122 Å². The van der Waals surface area contributed by atoms with Crippen molar-refractivity contribution in [1.82, 2.24) is 10.2 Å². The minimum Gasteiger partial charge on any atom is -0.480 e. The van der Waals surface area contributed by atoms with Gasteiger partial charge in [0, 0.05) is 39.4 Å².